The second-order valence-corrected chi connectivity index (χ2v) is 7.20. The molecule has 0 unspecified atom stereocenters. The predicted octanol–water partition coefficient (Wildman–Crippen LogP) is 2.39. The van der Waals surface area contributed by atoms with Crippen LogP contribution in [0.1, 0.15) is 12.6 Å². The third-order valence-corrected chi connectivity index (χ3v) is 4.28. The van der Waals surface area contributed by atoms with Crippen molar-refractivity contribution in [2.24, 2.45) is 5.73 Å². The maximum atomic E-state index is 10.7. The molecule has 0 saturated heterocycles. The van der Waals surface area contributed by atoms with Crippen LogP contribution in [0.25, 0.3) is 10.6 Å². The van der Waals surface area contributed by atoms with Crippen LogP contribution in [-0.2, 0) is 21.3 Å². The first-order valence-corrected chi connectivity index (χ1v) is 9.01. The Labute approximate surface area is 137 Å². The molecule has 6 nitrogen and oxygen atoms in total. The van der Waals surface area contributed by atoms with Gasteiger partial charge in [0, 0.05) is 16.0 Å². The molecule has 2 aromatic rings. The van der Waals surface area contributed by atoms with E-state index >= 15 is 0 Å². The van der Waals surface area contributed by atoms with Crippen LogP contribution in [0.15, 0.2) is 29.6 Å². The number of thiazole rings is 1. The maximum Gasteiger partial charge on any atom is 0.264 e. The number of primary amides is 1. The molecular formula is C13H15ClN2O4S2. The fraction of sp³-hybridized carbons (Fsp3) is 0.231. The Morgan fingerprint density at radius 1 is 1.36 bits per heavy atom. The molecule has 0 bridgehead atoms. The van der Waals surface area contributed by atoms with Crippen molar-refractivity contribution in [3.05, 3.63) is 40.4 Å². The van der Waals surface area contributed by atoms with E-state index in [2.05, 4.69) is 4.98 Å². The minimum Gasteiger partial charge on any atom is -0.369 e. The van der Waals surface area contributed by atoms with Gasteiger partial charge >= 0.3 is 0 Å². The minimum absolute atomic E-state index is 0.185. The second-order valence-electron chi connectivity index (χ2n) is 4.16. The largest absolute Gasteiger partial charge is 0.369 e. The Balaban J connectivity index is 0.000000346. The van der Waals surface area contributed by atoms with Crippen molar-refractivity contribution in [2.45, 2.75) is 13.3 Å². The van der Waals surface area contributed by atoms with Gasteiger partial charge in [0.05, 0.1) is 17.9 Å². The molecule has 1 aromatic carbocycles. The van der Waals surface area contributed by atoms with Gasteiger partial charge in [-0.25, -0.2) is 4.98 Å². The Hall–Kier alpha value is -1.48. The van der Waals surface area contributed by atoms with Crippen molar-refractivity contribution in [3.63, 3.8) is 0 Å². The quantitative estimate of drug-likeness (QED) is 0.811. The van der Waals surface area contributed by atoms with Gasteiger partial charge in [0.15, 0.2) is 0 Å². The molecule has 0 fully saturated rings. The highest BCUT2D eigenvalue weighted by Crippen LogP contribution is 2.25. The van der Waals surface area contributed by atoms with Crippen LogP contribution >= 0.6 is 22.9 Å². The number of carbonyl (C=O) groups is 1. The van der Waals surface area contributed by atoms with Gasteiger partial charge < -0.3 is 5.73 Å². The topological polar surface area (TPSA) is 110 Å². The summed E-state index contributed by atoms with van der Waals surface area (Å²) in [6.07, 6.45) is 0.185. The molecule has 0 spiro atoms. The third-order valence-electron chi connectivity index (χ3n) is 2.36. The number of hydrogen-bond acceptors (Lipinski definition) is 5. The Morgan fingerprint density at radius 3 is 2.36 bits per heavy atom. The molecule has 120 valence electrons. The molecule has 22 heavy (non-hydrogen) atoms. The van der Waals surface area contributed by atoms with Crippen LogP contribution in [-0.4, -0.2) is 29.6 Å². The minimum atomic E-state index is -3.66. The van der Waals surface area contributed by atoms with E-state index in [1.165, 1.54) is 18.3 Å². The summed E-state index contributed by atoms with van der Waals surface area (Å²) in [6, 6.07) is 7.42. The first-order valence-electron chi connectivity index (χ1n) is 6.15. The molecular weight excluding hydrogens is 348 g/mol. The molecule has 0 aliphatic rings. The summed E-state index contributed by atoms with van der Waals surface area (Å²) in [4.78, 5) is 15.1. The number of nitrogens with two attached hydrogens (primary N) is 1. The first-order chi connectivity index (χ1) is 10.2. The number of nitrogens with zero attached hydrogens (tertiary/aromatic N) is 1. The molecule has 1 aromatic heterocycles. The van der Waals surface area contributed by atoms with E-state index in [4.69, 9.17) is 21.9 Å². The molecule has 0 aliphatic carbocycles. The van der Waals surface area contributed by atoms with E-state index in [-0.39, 0.29) is 18.1 Å². The van der Waals surface area contributed by atoms with E-state index in [1.54, 1.807) is 0 Å². The molecule has 3 N–H and O–H groups in total. The monoisotopic (exact) mass is 362 g/mol. The average molecular weight is 363 g/mol. The van der Waals surface area contributed by atoms with Crippen LogP contribution in [0.2, 0.25) is 5.02 Å². The predicted molar refractivity (Wildman–Crippen MR) is 87.5 cm³/mol. The normalized spacial score (nSPS) is 10.7. The summed E-state index contributed by atoms with van der Waals surface area (Å²) in [7, 11) is -3.66. The van der Waals surface area contributed by atoms with Crippen molar-refractivity contribution in [3.8, 4) is 10.6 Å². The number of halogens is 1. The van der Waals surface area contributed by atoms with Gasteiger partial charge in [-0.15, -0.1) is 11.3 Å². The zero-order chi connectivity index (χ0) is 16.8. The first kappa shape index (κ1) is 18.6. The van der Waals surface area contributed by atoms with Crippen LogP contribution < -0.4 is 5.73 Å². The van der Waals surface area contributed by atoms with Crippen molar-refractivity contribution in [2.75, 3.05) is 5.75 Å². The van der Waals surface area contributed by atoms with E-state index in [0.29, 0.717) is 10.7 Å². The summed E-state index contributed by atoms with van der Waals surface area (Å²) < 4.78 is 26.9. The van der Waals surface area contributed by atoms with Crippen LogP contribution in [0, 0.1) is 0 Å². The number of amides is 1. The Kier molecular flexibility index (Phi) is 6.95. The second kappa shape index (κ2) is 8.23. The standard InChI is InChI=1S/C11H9ClN2OS.C2H6O3S/c12-8-3-1-7(2-4-8)11-14-9(6-16-11)5-10(13)15;1-2-6(3,4)5/h1-4,6H,5H2,(H2,13,15);2H2,1H3,(H,3,4,5). The van der Waals surface area contributed by atoms with E-state index in [9.17, 15) is 13.2 Å². The van der Waals surface area contributed by atoms with Gasteiger partial charge in [0.2, 0.25) is 5.91 Å². The Bertz CT molecular complexity index is 727. The molecule has 0 radical (unpaired) electrons. The van der Waals surface area contributed by atoms with Crippen LogP contribution in [0.4, 0.5) is 0 Å². The smallest absolute Gasteiger partial charge is 0.264 e. The van der Waals surface area contributed by atoms with Crippen LogP contribution in [0.3, 0.4) is 0 Å². The van der Waals surface area contributed by atoms with Crippen molar-refractivity contribution >= 4 is 39.0 Å². The molecule has 0 aliphatic heterocycles. The number of rotatable bonds is 4. The van der Waals surface area contributed by atoms with Crippen molar-refractivity contribution in [1.29, 1.82) is 0 Å². The summed E-state index contributed by atoms with van der Waals surface area (Å²) in [5.41, 5.74) is 6.80. The molecule has 0 atom stereocenters. The summed E-state index contributed by atoms with van der Waals surface area (Å²) in [5, 5.41) is 3.40. The lowest BCUT2D eigenvalue weighted by Gasteiger charge is -1.95. The Morgan fingerprint density at radius 2 is 1.91 bits per heavy atom. The van der Waals surface area contributed by atoms with Crippen LogP contribution in [0.5, 0.6) is 0 Å². The van der Waals surface area contributed by atoms with Gasteiger partial charge in [0.25, 0.3) is 10.1 Å². The zero-order valence-corrected chi connectivity index (χ0v) is 14.1. The number of carbonyl (C=O) groups excluding carboxylic acids is 1. The SMILES string of the molecule is CCS(=O)(=O)O.NC(=O)Cc1csc(-c2ccc(Cl)cc2)n1. The highest BCUT2D eigenvalue weighted by atomic mass is 35.5. The third kappa shape index (κ3) is 6.99. The molecule has 1 heterocycles. The van der Waals surface area contributed by atoms with Gasteiger partial charge in [0.1, 0.15) is 5.01 Å². The number of benzene rings is 1. The summed E-state index contributed by atoms with van der Waals surface area (Å²) in [5.74, 6) is -0.569. The molecule has 9 heteroatoms. The number of aromatic nitrogens is 1. The average Bonchev–Trinajstić information content (AvgIpc) is 2.87. The highest BCUT2D eigenvalue weighted by Gasteiger charge is 2.06. The van der Waals surface area contributed by atoms with Gasteiger partial charge in [-0.05, 0) is 19.1 Å². The summed E-state index contributed by atoms with van der Waals surface area (Å²) in [6.45, 7) is 1.37. The van der Waals surface area contributed by atoms with Gasteiger partial charge in [-0.2, -0.15) is 8.42 Å². The van der Waals surface area contributed by atoms with Gasteiger partial charge in [-0.1, -0.05) is 23.7 Å². The summed E-state index contributed by atoms with van der Waals surface area (Å²) >= 11 is 7.28. The zero-order valence-electron chi connectivity index (χ0n) is 11.7. The lowest BCUT2D eigenvalue weighted by atomic mass is 10.2. The van der Waals surface area contributed by atoms with E-state index in [0.717, 1.165) is 10.6 Å². The fourth-order valence-corrected chi connectivity index (χ4v) is 2.24. The fourth-order valence-electron chi connectivity index (χ4n) is 1.29. The number of hydrogen-bond donors (Lipinski definition) is 2. The lowest BCUT2D eigenvalue weighted by molar-refractivity contribution is -0.117. The van der Waals surface area contributed by atoms with E-state index in [1.807, 2.05) is 29.6 Å². The highest BCUT2D eigenvalue weighted by molar-refractivity contribution is 7.85. The lowest BCUT2D eigenvalue weighted by Crippen LogP contribution is -2.13. The van der Waals surface area contributed by atoms with E-state index < -0.39 is 10.1 Å². The maximum absolute atomic E-state index is 10.7. The molecule has 2 rings (SSSR count). The molecule has 1 amide bonds. The van der Waals surface area contributed by atoms with Gasteiger partial charge in [-0.3, -0.25) is 9.35 Å². The van der Waals surface area contributed by atoms with Crippen molar-refractivity contribution in [1.82, 2.24) is 4.98 Å². The molecule has 0 saturated carbocycles. The van der Waals surface area contributed by atoms with Crippen molar-refractivity contribution < 1.29 is 17.8 Å².